The van der Waals surface area contributed by atoms with Gasteiger partial charge in [-0.3, -0.25) is 0 Å². The van der Waals surface area contributed by atoms with Crippen LogP contribution in [0.3, 0.4) is 0 Å². The maximum atomic E-state index is 11.7. The van der Waals surface area contributed by atoms with Crippen molar-refractivity contribution < 1.29 is 17.9 Å². The van der Waals surface area contributed by atoms with Gasteiger partial charge in [-0.25, -0.2) is 13.6 Å². The SMILES string of the molecule is CCC(Cc1ccc(C)c(S(N)(=O)=O)c1)NCCOc1ccccc1OC.Cl. The molecule has 0 fully saturated rings. The first-order chi connectivity index (χ1) is 12.8. The number of hydrogen-bond acceptors (Lipinski definition) is 5. The van der Waals surface area contributed by atoms with Crippen molar-refractivity contribution in [1.29, 1.82) is 0 Å². The Balaban J connectivity index is 0.00000392. The third-order valence-electron chi connectivity index (χ3n) is 4.40. The average molecular weight is 429 g/mol. The maximum Gasteiger partial charge on any atom is 0.238 e. The summed E-state index contributed by atoms with van der Waals surface area (Å²) in [6, 6.07) is 13.2. The highest BCUT2D eigenvalue weighted by Crippen LogP contribution is 2.25. The Morgan fingerprint density at radius 3 is 2.43 bits per heavy atom. The summed E-state index contributed by atoms with van der Waals surface area (Å²) in [6.07, 6.45) is 1.63. The Bertz CT molecular complexity index is 859. The van der Waals surface area contributed by atoms with Crippen LogP contribution in [0.25, 0.3) is 0 Å². The molecule has 6 nitrogen and oxygen atoms in total. The van der Waals surface area contributed by atoms with E-state index in [2.05, 4.69) is 12.2 Å². The van der Waals surface area contributed by atoms with Gasteiger partial charge in [-0.05, 0) is 49.1 Å². The van der Waals surface area contributed by atoms with E-state index in [1.807, 2.05) is 30.3 Å². The van der Waals surface area contributed by atoms with Gasteiger partial charge < -0.3 is 14.8 Å². The molecule has 0 aliphatic rings. The summed E-state index contributed by atoms with van der Waals surface area (Å²) in [5.41, 5.74) is 1.60. The summed E-state index contributed by atoms with van der Waals surface area (Å²) in [5.74, 6) is 1.42. The first-order valence-electron chi connectivity index (χ1n) is 8.96. The van der Waals surface area contributed by atoms with Gasteiger partial charge in [0.05, 0.1) is 12.0 Å². The third-order valence-corrected chi connectivity index (χ3v) is 5.45. The number of nitrogens with two attached hydrogens (primary N) is 1. The minimum atomic E-state index is -3.71. The molecule has 0 aromatic heterocycles. The average Bonchev–Trinajstić information content (AvgIpc) is 2.64. The zero-order valence-corrected chi connectivity index (χ0v) is 18.1. The number of sulfonamides is 1. The molecule has 2 rings (SSSR count). The predicted molar refractivity (Wildman–Crippen MR) is 114 cm³/mol. The number of para-hydroxylation sites is 2. The van der Waals surface area contributed by atoms with Crippen LogP contribution < -0.4 is 19.9 Å². The highest BCUT2D eigenvalue weighted by molar-refractivity contribution is 7.89. The van der Waals surface area contributed by atoms with Crippen molar-refractivity contribution in [2.24, 2.45) is 5.14 Å². The number of aryl methyl sites for hydroxylation is 1. The van der Waals surface area contributed by atoms with Crippen LogP contribution in [0.4, 0.5) is 0 Å². The lowest BCUT2D eigenvalue weighted by Gasteiger charge is -2.18. The van der Waals surface area contributed by atoms with E-state index in [-0.39, 0.29) is 23.3 Å². The first-order valence-corrected chi connectivity index (χ1v) is 10.5. The Labute approximate surface area is 173 Å². The normalized spacial score (nSPS) is 12.1. The largest absolute Gasteiger partial charge is 0.493 e. The minimum absolute atomic E-state index is 0. The van der Waals surface area contributed by atoms with Crippen LogP contribution in [0.5, 0.6) is 11.5 Å². The monoisotopic (exact) mass is 428 g/mol. The maximum absolute atomic E-state index is 11.7. The van der Waals surface area contributed by atoms with E-state index < -0.39 is 10.0 Å². The topological polar surface area (TPSA) is 90.7 Å². The number of nitrogens with one attached hydrogen (secondary N) is 1. The minimum Gasteiger partial charge on any atom is -0.493 e. The Hall–Kier alpha value is -1.80. The molecule has 1 unspecified atom stereocenters. The molecule has 1 atom stereocenters. The van der Waals surface area contributed by atoms with Crippen LogP contribution in [0.2, 0.25) is 0 Å². The summed E-state index contributed by atoms with van der Waals surface area (Å²) in [7, 11) is -2.09. The number of primary sulfonamides is 1. The summed E-state index contributed by atoms with van der Waals surface area (Å²) < 4.78 is 34.4. The van der Waals surface area contributed by atoms with Crippen LogP contribution in [0.1, 0.15) is 24.5 Å². The van der Waals surface area contributed by atoms with Crippen LogP contribution in [0, 0.1) is 6.92 Å². The molecular formula is C20H29ClN2O4S. The molecule has 2 aromatic rings. The fraction of sp³-hybridized carbons (Fsp3) is 0.400. The zero-order valence-electron chi connectivity index (χ0n) is 16.5. The molecule has 8 heteroatoms. The Morgan fingerprint density at radius 2 is 1.82 bits per heavy atom. The van der Waals surface area contributed by atoms with E-state index in [0.717, 1.165) is 12.0 Å². The van der Waals surface area contributed by atoms with Gasteiger partial charge in [-0.2, -0.15) is 0 Å². The molecule has 0 bridgehead atoms. The molecular weight excluding hydrogens is 400 g/mol. The van der Waals surface area contributed by atoms with Gasteiger partial charge in [0.15, 0.2) is 11.5 Å². The van der Waals surface area contributed by atoms with Gasteiger partial charge in [-0.1, -0.05) is 31.2 Å². The molecule has 0 saturated carbocycles. The van der Waals surface area contributed by atoms with Gasteiger partial charge >= 0.3 is 0 Å². The number of rotatable bonds is 10. The molecule has 2 aromatic carbocycles. The van der Waals surface area contributed by atoms with Crippen molar-refractivity contribution in [3.63, 3.8) is 0 Å². The van der Waals surface area contributed by atoms with Crippen LogP contribution in [-0.2, 0) is 16.4 Å². The van der Waals surface area contributed by atoms with Crippen LogP contribution >= 0.6 is 12.4 Å². The summed E-state index contributed by atoms with van der Waals surface area (Å²) >= 11 is 0. The fourth-order valence-corrected chi connectivity index (χ4v) is 3.72. The first kappa shape index (κ1) is 24.2. The van der Waals surface area contributed by atoms with Gasteiger partial charge in [-0.15, -0.1) is 12.4 Å². The second kappa shape index (κ2) is 11.3. The molecule has 0 amide bonds. The Morgan fingerprint density at radius 1 is 1.14 bits per heavy atom. The number of methoxy groups -OCH3 is 1. The molecule has 0 saturated heterocycles. The molecule has 0 spiro atoms. The second-order valence-electron chi connectivity index (χ2n) is 6.41. The van der Waals surface area contributed by atoms with Crippen molar-refractivity contribution in [2.45, 2.75) is 37.6 Å². The van der Waals surface area contributed by atoms with Gasteiger partial charge in [0.2, 0.25) is 10.0 Å². The molecule has 0 aliphatic carbocycles. The highest BCUT2D eigenvalue weighted by Gasteiger charge is 2.14. The molecule has 28 heavy (non-hydrogen) atoms. The zero-order chi connectivity index (χ0) is 19.9. The third kappa shape index (κ3) is 6.98. The van der Waals surface area contributed by atoms with E-state index in [9.17, 15) is 8.42 Å². The van der Waals surface area contributed by atoms with Crippen molar-refractivity contribution in [3.05, 3.63) is 53.6 Å². The second-order valence-corrected chi connectivity index (χ2v) is 7.94. The predicted octanol–water partition coefficient (Wildman–Crippen LogP) is 3.06. The smallest absolute Gasteiger partial charge is 0.238 e. The van der Waals surface area contributed by atoms with Crippen molar-refractivity contribution in [1.82, 2.24) is 5.32 Å². The standard InChI is InChI=1S/C20H28N2O4S.ClH/c1-4-17(13-16-10-9-15(2)20(14-16)27(21,23)24)22-11-12-26-19-8-6-5-7-18(19)25-3;/h5-10,14,17,22H,4,11-13H2,1-3H3,(H2,21,23,24);1H. The van der Waals surface area contributed by atoms with E-state index in [1.165, 1.54) is 0 Å². The van der Waals surface area contributed by atoms with Crippen molar-refractivity contribution >= 4 is 22.4 Å². The molecule has 0 heterocycles. The molecule has 0 radical (unpaired) electrons. The molecule has 3 N–H and O–H groups in total. The van der Waals surface area contributed by atoms with Gasteiger partial charge in [0, 0.05) is 12.6 Å². The molecule has 156 valence electrons. The van der Waals surface area contributed by atoms with Crippen LogP contribution in [-0.4, -0.2) is 34.7 Å². The van der Waals surface area contributed by atoms with E-state index in [4.69, 9.17) is 14.6 Å². The summed E-state index contributed by atoms with van der Waals surface area (Å²) in [6.45, 7) is 5.01. The summed E-state index contributed by atoms with van der Waals surface area (Å²) in [4.78, 5) is 0.189. The molecule has 0 aliphatic heterocycles. The summed E-state index contributed by atoms with van der Waals surface area (Å²) in [5, 5.41) is 8.75. The van der Waals surface area contributed by atoms with Crippen molar-refractivity contribution in [2.75, 3.05) is 20.3 Å². The lowest BCUT2D eigenvalue weighted by molar-refractivity contribution is 0.285. The number of halogens is 1. The fourth-order valence-electron chi connectivity index (χ4n) is 2.89. The lowest BCUT2D eigenvalue weighted by atomic mass is 10.0. The highest BCUT2D eigenvalue weighted by atomic mass is 35.5. The van der Waals surface area contributed by atoms with E-state index in [0.29, 0.717) is 36.6 Å². The number of hydrogen-bond donors (Lipinski definition) is 2. The van der Waals surface area contributed by atoms with Crippen LogP contribution in [0.15, 0.2) is 47.4 Å². The van der Waals surface area contributed by atoms with Gasteiger partial charge in [0.1, 0.15) is 6.61 Å². The van der Waals surface area contributed by atoms with E-state index in [1.54, 1.807) is 26.2 Å². The lowest BCUT2D eigenvalue weighted by Crippen LogP contribution is -2.34. The van der Waals surface area contributed by atoms with Crippen molar-refractivity contribution in [3.8, 4) is 11.5 Å². The quantitative estimate of drug-likeness (QED) is 0.567. The number of ether oxygens (including phenoxy) is 2. The number of benzene rings is 2. The Kier molecular flexibility index (Phi) is 9.75. The van der Waals surface area contributed by atoms with E-state index >= 15 is 0 Å². The van der Waals surface area contributed by atoms with Gasteiger partial charge in [0.25, 0.3) is 0 Å².